The highest BCUT2D eigenvalue weighted by Crippen LogP contribution is 2.37. The van der Waals surface area contributed by atoms with Gasteiger partial charge in [-0.3, -0.25) is 0 Å². The number of rotatable bonds is 8. The maximum Gasteiger partial charge on any atom is 0.192 e. The van der Waals surface area contributed by atoms with Gasteiger partial charge in [0.2, 0.25) is 0 Å². The van der Waals surface area contributed by atoms with Gasteiger partial charge in [0.15, 0.2) is 8.32 Å². The number of hydrogen-bond acceptors (Lipinski definition) is 2. The molecule has 0 aromatic heterocycles. The fourth-order valence-corrected chi connectivity index (χ4v) is 3.64. The molecule has 0 saturated carbocycles. The van der Waals surface area contributed by atoms with Crippen LogP contribution < -0.4 is 5.32 Å². The molecule has 3 heteroatoms. The minimum absolute atomic E-state index is 0.183. The first-order chi connectivity index (χ1) is 10.2. The van der Waals surface area contributed by atoms with E-state index in [1.54, 1.807) is 0 Å². The summed E-state index contributed by atoms with van der Waals surface area (Å²) in [5.74, 6) is 0. The quantitative estimate of drug-likeness (QED) is 0.529. The third kappa shape index (κ3) is 5.71. The zero-order chi connectivity index (χ0) is 16.8. The van der Waals surface area contributed by atoms with Crippen molar-refractivity contribution in [2.24, 2.45) is 0 Å². The third-order valence-corrected chi connectivity index (χ3v) is 9.26. The van der Waals surface area contributed by atoms with Gasteiger partial charge in [-0.1, -0.05) is 57.2 Å². The molecule has 0 aliphatic rings. The maximum atomic E-state index is 6.53. The van der Waals surface area contributed by atoms with Crippen LogP contribution in [0, 0.1) is 0 Å². The molecule has 0 fully saturated rings. The number of hydrogen-bond donors (Lipinski definition) is 1. The summed E-state index contributed by atoms with van der Waals surface area (Å²) >= 11 is 0. The van der Waals surface area contributed by atoms with Gasteiger partial charge in [-0.25, -0.2) is 0 Å². The molecule has 124 valence electrons. The summed E-state index contributed by atoms with van der Waals surface area (Å²) in [5, 5.41) is 3.87. The van der Waals surface area contributed by atoms with Crippen LogP contribution in [0.5, 0.6) is 0 Å². The van der Waals surface area contributed by atoms with Crippen molar-refractivity contribution in [3.05, 3.63) is 48.6 Å². The van der Waals surface area contributed by atoms with Crippen molar-refractivity contribution in [3.8, 4) is 0 Å². The fraction of sp³-hybridized carbons (Fsp3) is 0.579. The average Bonchev–Trinajstić information content (AvgIpc) is 2.42. The SMILES string of the molecule is C=CC[C@H](NCc1ccccc1)[C@H](C)O[Si](C)(C)C(C)(C)C. The second kappa shape index (κ2) is 8.09. The highest BCUT2D eigenvalue weighted by atomic mass is 28.4. The molecule has 2 nitrogen and oxygen atoms in total. The first-order valence-corrected chi connectivity index (χ1v) is 11.1. The Labute approximate surface area is 138 Å². The summed E-state index contributed by atoms with van der Waals surface area (Å²) in [4.78, 5) is 0. The highest BCUT2D eigenvalue weighted by Gasteiger charge is 2.39. The Kier molecular flexibility index (Phi) is 7.04. The van der Waals surface area contributed by atoms with Crippen LogP contribution in [0.2, 0.25) is 18.1 Å². The second-order valence-electron chi connectivity index (χ2n) is 7.58. The topological polar surface area (TPSA) is 21.3 Å². The highest BCUT2D eigenvalue weighted by molar-refractivity contribution is 6.74. The van der Waals surface area contributed by atoms with Crippen LogP contribution in [0.3, 0.4) is 0 Å². The van der Waals surface area contributed by atoms with Crippen LogP contribution in [-0.2, 0) is 11.0 Å². The minimum atomic E-state index is -1.74. The molecule has 0 aliphatic heterocycles. The Morgan fingerprint density at radius 1 is 1.23 bits per heavy atom. The normalized spacial score (nSPS) is 15.4. The van der Waals surface area contributed by atoms with Crippen molar-refractivity contribution in [2.75, 3.05) is 0 Å². The molecule has 2 atom stereocenters. The van der Waals surface area contributed by atoms with E-state index >= 15 is 0 Å². The average molecular weight is 320 g/mol. The molecule has 0 heterocycles. The smallest absolute Gasteiger partial charge is 0.192 e. The van der Waals surface area contributed by atoms with E-state index in [9.17, 15) is 0 Å². The lowest BCUT2D eigenvalue weighted by atomic mass is 10.1. The molecule has 0 bridgehead atoms. The van der Waals surface area contributed by atoms with Crippen LogP contribution in [0.25, 0.3) is 0 Å². The van der Waals surface area contributed by atoms with Crippen molar-refractivity contribution >= 4 is 8.32 Å². The largest absolute Gasteiger partial charge is 0.413 e. The zero-order valence-electron chi connectivity index (χ0n) is 15.1. The standard InChI is InChI=1S/C19H33NOSi/c1-8-12-18(20-15-17-13-10-9-11-14-17)16(2)21-22(6,7)19(3,4)5/h8-11,13-14,16,18,20H,1,12,15H2,2-7H3/t16-,18-/m0/s1. The van der Waals surface area contributed by atoms with Gasteiger partial charge < -0.3 is 9.74 Å². The molecule has 1 aromatic rings. The second-order valence-corrected chi connectivity index (χ2v) is 12.3. The summed E-state index contributed by atoms with van der Waals surface area (Å²) in [6, 6.07) is 10.8. The molecule has 22 heavy (non-hydrogen) atoms. The molecule has 0 saturated heterocycles. The summed E-state index contributed by atoms with van der Waals surface area (Å²) in [6.07, 6.45) is 3.08. The minimum Gasteiger partial charge on any atom is -0.413 e. The molecular weight excluding hydrogens is 286 g/mol. The summed E-state index contributed by atoms with van der Waals surface area (Å²) in [7, 11) is -1.74. The Bertz CT molecular complexity index is 450. The Hall–Kier alpha value is -0.903. The van der Waals surface area contributed by atoms with E-state index in [1.807, 2.05) is 12.1 Å². The number of benzene rings is 1. The predicted octanol–water partition coefficient (Wildman–Crippen LogP) is 5.13. The van der Waals surface area contributed by atoms with Crippen molar-refractivity contribution in [2.45, 2.75) is 70.9 Å². The van der Waals surface area contributed by atoms with Crippen molar-refractivity contribution < 1.29 is 4.43 Å². The lowest BCUT2D eigenvalue weighted by Crippen LogP contribution is -2.49. The van der Waals surface area contributed by atoms with Gasteiger partial charge >= 0.3 is 0 Å². The summed E-state index contributed by atoms with van der Waals surface area (Å²) < 4.78 is 6.53. The van der Waals surface area contributed by atoms with Gasteiger partial charge in [-0.15, -0.1) is 6.58 Å². The molecule has 1 N–H and O–H groups in total. The molecule has 0 spiro atoms. The van der Waals surface area contributed by atoms with Gasteiger partial charge in [0.25, 0.3) is 0 Å². The molecule has 0 radical (unpaired) electrons. The van der Waals surface area contributed by atoms with E-state index in [-0.39, 0.29) is 11.1 Å². The van der Waals surface area contributed by atoms with E-state index in [0.29, 0.717) is 6.04 Å². The number of nitrogens with one attached hydrogen (secondary N) is 1. The molecular formula is C19H33NOSi. The van der Waals surface area contributed by atoms with Crippen LogP contribution in [-0.4, -0.2) is 20.5 Å². The van der Waals surface area contributed by atoms with E-state index < -0.39 is 8.32 Å². The van der Waals surface area contributed by atoms with E-state index in [2.05, 4.69) is 77.0 Å². The Balaban J connectivity index is 2.67. The van der Waals surface area contributed by atoms with Crippen LogP contribution in [0.1, 0.15) is 39.7 Å². The monoisotopic (exact) mass is 319 g/mol. The zero-order valence-corrected chi connectivity index (χ0v) is 16.1. The van der Waals surface area contributed by atoms with Crippen LogP contribution >= 0.6 is 0 Å². The van der Waals surface area contributed by atoms with Gasteiger partial charge in [0.05, 0.1) is 6.10 Å². The summed E-state index contributed by atoms with van der Waals surface area (Å²) in [6.45, 7) is 18.4. The van der Waals surface area contributed by atoms with Gasteiger partial charge in [-0.05, 0) is 37.0 Å². The lowest BCUT2D eigenvalue weighted by Gasteiger charge is -2.40. The fourth-order valence-electron chi connectivity index (χ4n) is 2.19. The van der Waals surface area contributed by atoms with E-state index in [1.165, 1.54) is 5.56 Å². The third-order valence-electron chi connectivity index (χ3n) is 4.69. The predicted molar refractivity (Wildman–Crippen MR) is 99.6 cm³/mol. The lowest BCUT2D eigenvalue weighted by molar-refractivity contribution is 0.152. The van der Waals surface area contributed by atoms with Crippen molar-refractivity contribution in [1.29, 1.82) is 0 Å². The molecule has 0 amide bonds. The molecule has 1 rings (SSSR count). The Morgan fingerprint density at radius 3 is 2.32 bits per heavy atom. The van der Waals surface area contributed by atoms with Gasteiger partial charge in [0.1, 0.15) is 0 Å². The van der Waals surface area contributed by atoms with E-state index in [0.717, 1.165) is 13.0 Å². The molecule has 1 aromatic carbocycles. The van der Waals surface area contributed by atoms with Crippen molar-refractivity contribution in [3.63, 3.8) is 0 Å². The van der Waals surface area contributed by atoms with Crippen LogP contribution in [0.15, 0.2) is 43.0 Å². The first kappa shape index (κ1) is 19.1. The van der Waals surface area contributed by atoms with E-state index in [4.69, 9.17) is 4.43 Å². The maximum absolute atomic E-state index is 6.53. The van der Waals surface area contributed by atoms with Crippen molar-refractivity contribution in [1.82, 2.24) is 5.32 Å². The Morgan fingerprint density at radius 2 is 1.82 bits per heavy atom. The first-order valence-electron chi connectivity index (χ1n) is 8.23. The molecule has 0 aliphatic carbocycles. The van der Waals surface area contributed by atoms with Gasteiger partial charge in [0, 0.05) is 12.6 Å². The summed E-state index contributed by atoms with van der Waals surface area (Å²) in [5.41, 5.74) is 1.30. The van der Waals surface area contributed by atoms with Crippen LogP contribution in [0.4, 0.5) is 0 Å². The molecule has 0 unspecified atom stereocenters. The van der Waals surface area contributed by atoms with Gasteiger partial charge in [-0.2, -0.15) is 0 Å².